The number of benzene rings is 1. The van der Waals surface area contributed by atoms with E-state index in [4.69, 9.17) is 4.74 Å². The zero-order chi connectivity index (χ0) is 22.7. The normalized spacial score (nSPS) is 15.1. The Balaban J connectivity index is 1.49. The SMILES string of the molecule is COC(=O)c1c(NC(=O)CSc2nc(-c3ccccc3)cc(=O)[nH]2)sc2c1CCC(C)C2. The Hall–Kier alpha value is -2.91. The van der Waals surface area contributed by atoms with Crippen LogP contribution in [0.3, 0.4) is 0 Å². The predicted molar refractivity (Wildman–Crippen MR) is 126 cm³/mol. The number of nitrogens with one attached hydrogen (secondary N) is 2. The highest BCUT2D eigenvalue weighted by Crippen LogP contribution is 2.40. The van der Waals surface area contributed by atoms with Crippen molar-refractivity contribution in [1.82, 2.24) is 9.97 Å². The van der Waals surface area contributed by atoms with Crippen molar-refractivity contribution in [3.8, 4) is 11.3 Å². The number of aromatic nitrogens is 2. The molecule has 0 bridgehead atoms. The van der Waals surface area contributed by atoms with Crippen molar-refractivity contribution in [3.63, 3.8) is 0 Å². The van der Waals surface area contributed by atoms with Crippen LogP contribution in [0.5, 0.6) is 0 Å². The summed E-state index contributed by atoms with van der Waals surface area (Å²) in [4.78, 5) is 45.4. The summed E-state index contributed by atoms with van der Waals surface area (Å²) in [5, 5.41) is 3.76. The van der Waals surface area contributed by atoms with E-state index in [1.54, 1.807) is 0 Å². The summed E-state index contributed by atoms with van der Waals surface area (Å²) >= 11 is 2.58. The Morgan fingerprint density at radius 2 is 2.09 bits per heavy atom. The van der Waals surface area contributed by atoms with E-state index in [2.05, 4.69) is 22.2 Å². The Morgan fingerprint density at radius 3 is 2.84 bits per heavy atom. The van der Waals surface area contributed by atoms with Gasteiger partial charge in [-0.2, -0.15) is 0 Å². The largest absolute Gasteiger partial charge is 0.465 e. The molecule has 9 heteroatoms. The second kappa shape index (κ2) is 9.70. The minimum atomic E-state index is -0.429. The molecule has 166 valence electrons. The number of esters is 1. The molecule has 4 rings (SSSR count). The molecular weight excluding hydrogens is 446 g/mol. The molecule has 1 unspecified atom stereocenters. The molecule has 1 aliphatic carbocycles. The van der Waals surface area contributed by atoms with Crippen molar-refractivity contribution >= 4 is 40.0 Å². The standard InChI is InChI=1S/C23H23N3O4S2/c1-13-8-9-15-17(10-13)32-21(20(15)22(29)30-2)25-19(28)12-31-23-24-16(11-18(27)26-23)14-6-4-3-5-7-14/h3-7,11,13H,8-10,12H2,1-2H3,(H,25,28)(H,24,26,27). The fourth-order valence-electron chi connectivity index (χ4n) is 3.71. The van der Waals surface area contributed by atoms with Crippen molar-refractivity contribution in [2.24, 2.45) is 5.92 Å². The summed E-state index contributed by atoms with van der Waals surface area (Å²) in [5.41, 5.74) is 2.55. The van der Waals surface area contributed by atoms with Gasteiger partial charge in [0.25, 0.3) is 5.56 Å². The fourth-order valence-corrected chi connectivity index (χ4v) is 5.80. The maximum atomic E-state index is 12.7. The molecule has 1 aliphatic rings. The first-order valence-corrected chi connectivity index (χ1v) is 12.1. The monoisotopic (exact) mass is 469 g/mol. The summed E-state index contributed by atoms with van der Waals surface area (Å²) < 4.78 is 4.97. The number of anilines is 1. The van der Waals surface area contributed by atoms with Gasteiger partial charge in [0.15, 0.2) is 5.16 Å². The van der Waals surface area contributed by atoms with Crippen LogP contribution in [0.2, 0.25) is 0 Å². The molecule has 0 aliphatic heterocycles. The number of thioether (sulfide) groups is 1. The second-order valence-corrected chi connectivity index (χ2v) is 9.76. The number of methoxy groups -OCH3 is 1. The number of thiophene rings is 1. The van der Waals surface area contributed by atoms with Gasteiger partial charge in [0.05, 0.1) is 24.1 Å². The lowest BCUT2D eigenvalue weighted by Gasteiger charge is -2.18. The van der Waals surface area contributed by atoms with E-state index < -0.39 is 5.97 Å². The number of rotatable bonds is 6. The smallest absolute Gasteiger partial charge is 0.341 e. The molecule has 3 aromatic rings. The number of fused-ring (bicyclic) bond motifs is 1. The van der Waals surface area contributed by atoms with Crippen LogP contribution in [0, 0.1) is 5.92 Å². The first-order valence-electron chi connectivity index (χ1n) is 10.3. The van der Waals surface area contributed by atoms with Crippen LogP contribution in [0.1, 0.15) is 34.1 Å². The molecule has 1 aromatic carbocycles. The number of ether oxygens (including phenoxy) is 1. The number of hydrogen-bond donors (Lipinski definition) is 2. The molecule has 0 saturated heterocycles. The molecule has 2 aromatic heterocycles. The van der Waals surface area contributed by atoms with Gasteiger partial charge in [0.1, 0.15) is 5.00 Å². The van der Waals surface area contributed by atoms with Crippen molar-refractivity contribution in [2.45, 2.75) is 31.3 Å². The highest BCUT2D eigenvalue weighted by molar-refractivity contribution is 7.99. The van der Waals surface area contributed by atoms with Gasteiger partial charge in [0.2, 0.25) is 5.91 Å². The lowest BCUT2D eigenvalue weighted by Crippen LogP contribution is -2.17. The quantitative estimate of drug-likeness (QED) is 0.320. The minimum Gasteiger partial charge on any atom is -0.465 e. The van der Waals surface area contributed by atoms with Crippen LogP contribution < -0.4 is 10.9 Å². The predicted octanol–water partition coefficient (Wildman–Crippen LogP) is 4.14. The molecule has 7 nitrogen and oxygen atoms in total. The van der Waals surface area contributed by atoms with E-state index in [0.717, 1.165) is 47.0 Å². The second-order valence-electron chi connectivity index (χ2n) is 7.69. The number of carbonyl (C=O) groups is 2. The number of hydrogen-bond acceptors (Lipinski definition) is 7. The number of aromatic amines is 1. The summed E-state index contributed by atoms with van der Waals surface area (Å²) in [5.74, 6) is -0.118. The summed E-state index contributed by atoms with van der Waals surface area (Å²) in [6.07, 6.45) is 2.71. The van der Waals surface area contributed by atoms with Gasteiger partial charge >= 0.3 is 5.97 Å². The lowest BCUT2D eigenvalue weighted by atomic mass is 9.88. The van der Waals surface area contributed by atoms with E-state index >= 15 is 0 Å². The zero-order valence-corrected chi connectivity index (χ0v) is 19.4. The van der Waals surface area contributed by atoms with Crippen LogP contribution in [-0.4, -0.2) is 34.7 Å². The fraction of sp³-hybridized carbons (Fsp3) is 0.304. The molecule has 2 heterocycles. The van der Waals surface area contributed by atoms with Crippen LogP contribution in [0.4, 0.5) is 5.00 Å². The number of nitrogens with zero attached hydrogens (tertiary/aromatic N) is 1. The molecule has 2 N–H and O–H groups in total. The van der Waals surface area contributed by atoms with E-state index in [0.29, 0.717) is 27.3 Å². The molecule has 1 amide bonds. The Morgan fingerprint density at radius 1 is 1.31 bits per heavy atom. The Labute approximate surface area is 193 Å². The minimum absolute atomic E-state index is 0.0424. The zero-order valence-electron chi connectivity index (χ0n) is 17.8. The maximum Gasteiger partial charge on any atom is 0.341 e. The Bertz CT molecular complexity index is 1200. The van der Waals surface area contributed by atoms with Gasteiger partial charge in [-0.1, -0.05) is 49.0 Å². The average molecular weight is 470 g/mol. The van der Waals surface area contributed by atoms with Crippen molar-refractivity contribution < 1.29 is 14.3 Å². The third-order valence-electron chi connectivity index (χ3n) is 5.28. The van der Waals surface area contributed by atoms with Gasteiger partial charge in [0, 0.05) is 16.5 Å². The third-order valence-corrected chi connectivity index (χ3v) is 7.33. The highest BCUT2D eigenvalue weighted by Gasteiger charge is 2.28. The summed E-state index contributed by atoms with van der Waals surface area (Å²) in [6, 6.07) is 10.8. The van der Waals surface area contributed by atoms with Gasteiger partial charge in [-0.05, 0) is 30.7 Å². The van der Waals surface area contributed by atoms with Crippen LogP contribution >= 0.6 is 23.1 Å². The topological polar surface area (TPSA) is 101 Å². The van der Waals surface area contributed by atoms with E-state index in [9.17, 15) is 14.4 Å². The van der Waals surface area contributed by atoms with Crippen molar-refractivity contribution in [1.29, 1.82) is 0 Å². The molecule has 32 heavy (non-hydrogen) atoms. The highest BCUT2D eigenvalue weighted by atomic mass is 32.2. The molecule has 0 saturated carbocycles. The van der Waals surface area contributed by atoms with Crippen LogP contribution in [-0.2, 0) is 22.4 Å². The number of amides is 1. The van der Waals surface area contributed by atoms with Gasteiger partial charge in [-0.25, -0.2) is 9.78 Å². The van der Waals surface area contributed by atoms with Gasteiger partial charge < -0.3 is 15.0 Å². The maximum absolute atomic E-state index is 12.7. The van der Waals surface area contributed by atoms with Gasteiger partial charge in [-0.3, -0.25) is 9.59 Å². The van der Waals surface area contributed by atoms with E-state index in [1.807, 2.05) is 30.3 Å². The Kier molecular flexibility index (Phi) is 6.76. The van der Waals surface area contributed by atoms with Crippen molar-refractivity contribution in [3.05, 3.63) is 62.8 Å². The molecule has 0 spiro atoms. The summed E-state index contributed by atoms with van der Waals surface area (Å²) in [6.45, 7) is 2.19. The molecule has 1 atom stereocenters. The molecule has 0 radical (unpaired) electrons. The number of carbonyl (C=O) groups excluding carboxylic acids is 2. The number of H-pyrrole nitrogens is 1. The lowest BCUT2D eigenvalue weighted by molar-refractivity contribution is -0.113. The molecular formula is C23H23N3O4S2. The third kappa shape index (κ3) is 4.94. The van der Waals surface area contributed by atoms with Crippen molar-refractivity contribution in [2.75, 3.05) is 18.2 Å². The first kappa shape index (κ1) is 22.3. The first-order chi connectivity index (χ1) is 15.4. The van der Waals surface area contributed by atoms with Gasteiger partial charge in [-0.15, -0.1) is 11.3 Å². The van der Waals surface area contributed by atoms with Crippen LogP contribution in [0.15, 0.2) is 46.3 Å². The van der Waals surface area contributed by atoms with E-state index in [1.165, 1.54) is 24.5 Å². The average Bonchev–Trinajstić information content (AvgIpc) is 3.14. The summed E-state index contributed by atoms with van der Waals surface area (Å²) in [7, 11) is 1.35. The molecule has 0 fully saturated rings. The van der Waals surface area contributed by atoms with Crippen LogP contribution in [0.25, 0.3) is 11.3 Å². The van der Waals surface area contributed by atoms with E-state index in [-0.39, 0.29) is 17.2 Å².